The van der Waals surface area contributed by atoms with Gasteiger partial charge in [-0.1, -0.05) is 0 Å². The fraction of sp³-hybridized carbons (Fsp3) is 0.889. The van der Waals surface area contributed by atoms with E-state index in [2.05, 4.69) is 5.32 Å². The van der Waals surface area contributed by atoms with Gasteiger partial charge >= 0.3 is 0 Å². The minimum absolute atomic E-state index is 0.360. The van der Waals surface area contributed by atoms with Gasteiger partial charge in [0.1, 0.15) is 12.4 Å². The Balaban J connectivity index is 3.43. The molecule has 5 heteroatoms. The van der Waals surface area contributed by atoms with Gasteiger partial charge in [0.05, 0.1) is 6.61 Å². The van der Waals surface area contributed by atoms with Crippen molar-refractivity contribution in [1.82, 2.24) is 10.2 Å². The van der Waals surface area contributed by atoms with Gasteiger partial charge in [0.15, 0.2) is 0 Å². The molecule has 0 aliphatic heterocycles. The van der Waals surface area contributed by atoms with Crippen LogP contribution >= 0.6 is 0 Å². The molecule has 0 bridgehead atoms. The summed E-state index contributed by atoms with van der Waals surface area (Å²) in [7, 11) is 3.93. The van der Waals surface area contributed by atoms with E-state index in [4.69, 9.17) is 10.5 Å². The third-order valence-corrected chi connectivity index (χ3v) is 1.69. The summed E-state index contributed by atoms with van der Waals surface area (Å²) in [6, 6.07) is 0. The van der Waals surface area contributed by atoms with Gasteiger partial charge in [0.2, 0.25) is 0 Å². The Morgan fingerprint density at radius 3 is 2.79 bits per heavy atom. The Morgan fingerprint density at radius 1 is 1.57 bits per heavy atom. The van der Waals surface area contributed by atoms with Gasteiger partial charge in [0, 0.05) is 26.2 Å². The number of carbonyl (C=O) groups is 1. The van der Waals surface area contributed by atoms with Gasteiger partial charge in [-0.25, -0.2) is 0 Å². The molecular formula is C9H21N3O2. The number of carbonyl (C=O) groups excluding carboxylic acids is 1. The van der Waals surface area contributed by atoms with E-state index in [-0.39, 0.29) is 6.10 Å². The van der Waals surface area contributed by atoms with E-state index in [0.29, 0.717) is 26.2 Å². The third kappa shape index (κ3) is 8.12. The van der Waals surface area contributed by atoms with Crippen LogP contribution in [0.5, 0.6) is 0 Å². The van der Waals surface area contributed by atoms with Crippen molar-refractivity contribution in [1.29, 1.82) is 0 Å². The van der Waals surface area contributed by atoms with Crippen molar-refractivity contribution in [3.05, 3.63) is 0 Å². The van der Waals surface area contributed by atoms with Crippen LogP contribution in [0.3, 0.4) is 0 Å². The van der Waals surface area contributed by atoms with E-state index in [1.54, 1.807) is 0 Å². The van der Waals surface area contributed by atoms with E-state index >= 15 is 0 Å². The average Bonchev–Trinajstić information content (AvgIpc) is 2.15. The SMILES string of the molecule is CN(C)CCOC(C=O)CNCCN. The van der Waals surface area contributed by atoms with Crippen LogP contribution in [-0.2, 0) is 9.53 Å². The molecule has 84 valence electrons. The lowest BCUT2D eigenvalue weighted by Gasteiger charge is -2.14. The molecule has 0 aliphatic rings. The first-order valence-electron chi connectivity index (χ1n) is 4.83. The maximum Gasteiger partial charge on any atom is 0.150 e. The van der Waals surface area contributed by atoms with Gasteiger partial charge in [-0.05, 0) is 14.1 Å². The first-order valence-corrected chi connectivity index (χ1v) is 4.83. The molecule has 1 unspecified atom stereocenters. The Kier molecular flexibility index (Phi) is 8.76. The molecule has 1 atom stereocenters. The highest BCUT2D eigenvalue weighted by Gasteiger charge is 2.06. The lowest BCUT2D eigenvalue weighted by Crippen LogP contribution is -2.34. The molecule has 0 saturated heterocycles. The van der Waals surface area contributed by atoms with Crippen LogP contribution in [0.25, 0.3) is 0 Å². The number of nitrogens with two attached hydrogens (primary N) is 1. The van der Waals surface area contributed by atoms with Gasteiger partial charge < -0.3 is 25.5 Å². The quantitative estimate of drug-likeness (QED) is 0.359. The molecule has 0 heterocycles. The topological polar surface area (TPSA) is 67.6 Å². The molecule has 0 radical (unpaired) electrons. The van der Waals surface area contributed by atoms with Crippen LogP contribution < -0.4 is 11.1 Å². The summed E-state index contributed by atoms with van der Waals surface area (Å²) in [4.78, 5) is 12.6. The predicted octanol–water partition coefficient (Wildman–Crippen LogP) is -1.32. The Morgan fingerprint density at radius 2 is 2.29 bits per heavy atom. The summed E-state index contributed by atoms with van der Waals surface area (Å²) in [5.74, 6) is 0. The summed E-state index contributed by atoms with van der Waals surface area (Å²) < 4.78 is 5.34. The molecular weight excluding hydrogens is 182 g/mol. The summed E-state index contributed by atoms with van der Waals surface area (Å²) in [6.07, 6.45) is 0.459. The average molecular weight is 203 g/mol. The van der Waals surface area contributed by atoms with E-state index < -0.39 is 0 Å². The first-order chi connectivity index (χ1) is 6.70. The molecule has 14 heavy (non-hydrogen) atoms. The van der Waals surface area contributed by atoms with E-state index in [1.807, 2.05) is 19.0 Å². The van der Waals surface area contributed by atoms with E-state index in [1.165, 1.54) is 0 Å². The van der Waals surface area contributed by atoms with E-state index in [9.17, 15) is 4.79 Å². The number of aldehydes is 1. The summed E-state index contributed by atoms with van der Waals surface area (Å²) in [6.45, 7) is 3.21. The molecule has 0 amide bonds. The molecule has 0 fully saturated rings. The second-order valence-electron chi connectivity index (χ2n) is 3.34. The standard InChI is InChI=1S/C9H21N3O2/c1-12(2)5-6-14-9(8-13)7-11-4-3-10/h8-9,11H,3-7,10H2,1-2H3. The Labute approximate surface area is 85.6 Å². The van der Waals surface area contributed by atoms with Crippen molar-refractivity contribution >= 4 is 6.29 Å². The predicted molar refractivity (Wildman–Crippen MR) is 56.3 cm³/mol. The lowest BCUT2D eigenvalue weighted by molar-refractivity contribution is -0.118. The highest BCUT2D eigenvalue weighted by atomic mass is 16.5. The minimum atomic E-state index is -0.360. The second kappa shape index (κ2) is 9.08. The smallest absolute Gasteiger partial charge is 0.150 e. The van der Waals surface area contributed by atoms with Gasteiger partial charge in [0.25, 0.3) is 0 Å². The molecule has 0 saturated carbocycles. The maximum absolute atomic E-state index is 10.6. The second-order valence-corrected chi connectivity index (χ2v) is 3.34. The molecule has 0 aromatic rings. The van der Waals surface area contributed by atoms with Crippen molar-refractivity contribution in [2.24, 2.45) is 5.73 Å². The fourth-order valence-corrected chi connectivity index (χ4v) is 0.879. The van der Waals surface area contributed by atoms with Crippen LogP contribution in [-0.4, -0.2) is 64.2 Å². The largest absolute Gasteiger partial charge is 0.368 e. The summed E-state index contributed by atoms with van der Waals surface area (Å²) >= 11 is 0. The Bertz CT molecular complexity index is 142. The van der Waals surface area contributed by atoms with Gasteiger partial charge in [-0.2, -0.15) is 0 Å². The summed E-state index contributed by atoms with van der Waals surface area (Å²) in [5, 5.41) is 3.03. The Hall–Kier alpha value is -0.490. The normalized spacial score (nSPS) is 13.1. The van der Waals surface area contributed by atoms with Crippen LogP contribution in [0, 0.1) is 0 Å². The lowest BCUT2D eigenvalue weighted by atomic mass is 10.4. The highest BCUT2D eigenvalue weighted by Crippen LogP contribution is 1.87. The number of likely N-dealkylation sites (N-methyl/N-ethyl adjacent to an activating group) is 1. The first kappa shape index (κ1) is 13.5. The maximum atomic E-state index is 10.6. The molecule has 3 N–H and O–H groups in total. The number of hydrogen-bond donors (Lipinski definition) is 2. The van der Waals surface area contributed by atoms with Crippen molar-refractivity contribution in [3.8, 4) is 0 Å². The highest BCUT2D eigenvalue weighted by molar-refractivity contribution is 5.56. The fourth-order valence-electron chi connectivity index (χ4n) is 0.879. The molecule has 0 rings (SSSR count). The van der Waals surface area contributed by atoms with Crippen molar-refractivity contribution in [2.75, 3.05) is 46.9 Å². The van der Waals surface area contributed by atoms with Crippen molar-refractivity contribution in [2.45, 2.75) is 6.10 Å². The van der Waals surface area contributed by atoms with Crippen LogP contribution in [0.1, 0.15) is 0 Å². The number of hydrogen-bond acceptors (Lipinski definition) is 5. The van der Waals surface area contributed by atoms with Crippen molar-refractivity contribution < 1.29 is 9.53 Å². The molecule has 0 spiro atoms. The zero-order valence-electron chi connectivity index (χ0n) is 9.03. The zero-order valence-corrected chi connectivity index (χ0v) is 9.03. The molecule has 0 aliphatic carbocycles. The summed E-state index contributed by atoms with van der Waals surface area (Å²) in [5.41, 5.74) is 5.30. The number of nitrogens with zero attached hydrogens (tertiary/aromatic N) is 1. The number of ether oxygens (including phenoxy) is 1. The zero-order chi connectivity index (χ0) is 10.8. The molecule has 0 aromatic heterocycles. The number of rotatable bonds is 9. The van der Waals surface area contributed by atoms with Crippen molar-refractivity contribution in [3.63, 3.8) is 0 Å². The monoisotopic (exact) mass is 203 g/mol. The van der Waals surface area contributed by atoms with Gasteiger partial charge in [-0.3, -0.25) is 0 Å². The molecule has 0 aromatic carbocycles. The number of nitrogens with one attached hydrogen (secondary N) is 1. The van der Waals surface area contributed by atoms with Crippen LogP contribution in [0.2, 0.25) is 0 Å². The van der Waals surface area contributed by atoms with Crippen LogP contribution in [0.15, 0.2) is 0 Å². The van der Waals surface area contributed by atoms with Crippen LogP contribution in [0.4, 0.5) is 0 Å². The van der Waals surface area contributed by atoms with Gasteiger partial charge in [-0.15, -0.1) is 0 Å². The minimum Gasteiger partial charge on any atom is -0.368 e. The van der Waals surface area contributed by atoms with E-state index in [0.717, 1.165) is 12.8 Å². The third-order valence-electron chi connectivity index (χ3n) is 1.69. The molecule has 5 nitrogen and oxygen atoms in total.